The molecule has 664 valence electrons. The molecule has 0 spiro atoms. The molecule has 0 saturated carbocycles. The molecular weight excluding hydrogens is 1740 g/mol. The molecule has 0 aromatic heterocycles. The number of alkyl halides is 3. The van der Waals surface area contributed by atoms with E-state index in [9.17, 15) is 19.2 Å². The third-order valence-corrected chi connectivity index (χ3v) is 26.3. The van der Waals surface area contributed by atoms with Gasteiger partial charge in [0.1, 0.15) is 12.7 Å². The zero-order valence-corrected chi connectivity index (χ0v) is 79.9. The fraction of sp³-hybridized carbons (Fsp3) is 0.907. The van der Waals surface area contributed by atoms with Crippen LogP contribution in [0.15, 0.2) is 0 Å². The average Bonchev–Trinajstić information content (AvgIpc) is 1.64. The molecule has 0 aromatic carbocycles. The number of halogens is 2. The Balaban J connectivity index is 0.0000638. The van der Waals surface area contributed by atoms with Crippen molar-refractivity contribution < 1.29 is 100 Å². The van der Waals surface area contributed by atoms with Crippen molar-refractivity contribution in [2.45, 2.75) is 405 Å². The predicted octanol–water partition coefficient (Wildman–Crippen LogP) is 15.4. The first kappa shape index (κ1) is 109. The Kier molecular flexibility index (Phi) is 69.2. The molecule has 27 heteroatoms. The molecule has 9 atom stereocenters. The average molecular weight is 1900 g/mol. The molecule has 2 unspecified atom stereocenters. The molecule has 0 bridgehead atoms. The minimum Gasteiger partial charge on any atom is -1.00 e. The molecule has 2 fully saturated rings. The summed E-state index contributed by atoms with van der Waals surface area (Å²) in [6, 6.07) is 0. The number of carbonyl (C=O) groups is 6. The zero-order valence-electron chi connectivity index (χ0n) is 72.4. The van der Waals surface area contributed by atoms with Gasteiger partial charge in [-0.2, -0.15) is 11.8 Å². The first-order valence-corrected chi connectivity index (χ1v) is 54.7. The van der Waals surface area contributed by atoms with Crippen LogP contribution in [-0.4, -0.2) is 192 Å². The van der Waals surface area contributed by atoms with Crippen molar-refractivity contribution in [2.75, 3.05) is 90.7 Å². The normalized spacial score (nSPS) is 19.6. The van der Waals surface area contributed by atoms with Crippen LogP contribution in [0.3, 0.4) is 0 Å². The van der Waals surface area contributed by atoms with Crippen molar-refractivity contribution in [3.63, 3.8) is 0 Å². The van der Waals surface area contributed by atoms with Crippen LogP contribution in [0.4, 0.5) is 0 Å². The van der Waals surface area contributed by atoms with Gasteiger partial charge >= 0.3 is 170 Å². The van der Waals surface area contributed by atoms with E-state index in [-0.39, 0.29) is 74.0 Å². The quantitative estimate of drug-likeness (QED) is 0.00825. The Morgan fingerprint density at radius 2 is 0.717 bits per heavy atom. The minimum absolute atomic E-state index is 0. The van der Waals surface area contributed by atoms with Gasteiger partial charge in [0, 0.05) is 56.6 Å². The van der Waals surface area contributed by atoms with Gasteiger partial charge in [0.15, 0.2) is 23.4 Å². The topological polar surface area (TPSA) is 262 Å². The van der Waals surface area contributed by atoms with Gasteiger partial charge < -0.3 is 72.7 Å². The Labute approximate surface area is 726 Å². The summed E-state index contributed by atoms with van der Waals surface area (Å²) in [6.07, 6.45) is 28.7. The summed E-state index contributed by atoms with van der Waals surface area (Å²) in [5.74, 6) is -4.54. The van der Waals surface area contributed by atoms with Crippen LogP contribution >= 0.6 is 66.2 Å². The molecule has 0 aromatic rings. The first-order valence-electron chi connectivity index (χ1n) is 44.6. The van der Waals surface area contributed by atoms with Crippen LogP contribution in [0.2, 0.25) is 0 Å². The van der Waals surface area contributed by atoms with Crippen molar-refractivity contribution in [1.29, 1.82) is 3.56 Å². The van der Waals surface area contributed by atoms with Gasteiger partial charge in [-0.1, -0.05) is 273 Å². The van der Waals surface area contributed by atoms with Gasteiger partial charge in [-0.25, -0.2) is 0 Å². The van der Waals surface area contributed by atoms with E-state index >= 15 is 9.59 Å². The molecular formula is C86H162I2N6O15S4. The number of thioether (sulfide) groups is 2. The Morgan fingerprint density at radius 3 is 1.09 bits per heavy atom. The first-order chi connectivity index (χ1) is 54.1. The Bertz CT molecular complexity index is 2520. The molecule has 6 N–H and O–H groups in total. The molecule has 0 radical (unpaired) electrons. The van der Waals surface area contributed by atoms with E-state index in [0.717, 1.165) is 242 Å². The van der Waals surface area contributed by atoms with E-state index in [0.29, 0.717) is 86.4 Å². The van der Waals surface area contributed by atoms with Gasteiger partial charge in [-0.3, -0.25) is 28.8 Å². The van der Waals surface area contributed by atoms with Gasteiger partial charge in [0.25, 0.3) is 0 Å². The van der Waals surface area contributed by atoms with Crippen LogP contribution in [0.1, 0.15) is 350 Å². The summed E-state index contributed by atoms with van der Waals surface area (Å²) in [4.78, 5) is 94.3. The van der Waals surface area contributed by atoms with Gasteiger partial charge in [0.2, 0.25) is 5.79 Å². The van der Waals surface area contributed by atoms with Crippen molar-refractivity contribution in [3.8, 4) is 0 Å². The van der Waals surface area contributed by atoms with E-state index in [1.54, 1.807) is 0 Å². The number of quaternary nitrogens is 1. The van der Waals surface area contributed by atoms with Crippen LogP contribution < -0.4 is 50.1 Å². The molecule has 21 nitrogen and oxygen atoms in total. The number of unbranched alkanes of at least 4 members (excludes halogenated alkanes) is 36. The number of hydrogen-bond acceptors (Lipinski definition) is 20. The fourth-order valence-corrected chi connectivity index (χ4v) is 17.5. The maximum absolute atomic E-state index is 15.0. The molecule has 2 saturated heterocycles. The second-order valence-corrected chi connectivity index (χ2v) is 44.2. The number of nitrogens with one attached hydrogen (secondary N) is 6. The van der Waals surface area contributed by atoms with Crippen molar-refractivity contribution >= 4 is 112 Å². The molecule has 113 heavy (non-hydrogen) atoms. The summed E-state index contributed by atoms with van der Waals surface area (Å²) < 4.78 is 71.5. The summed E-state index contributed by atoms with van der Waals surface area (Å²) in [5, 5.41) is 14.1. The zero-order chi connectivity index (χ0) is 82.1. The standard InChI is InChI=1S/C86H161IN6O15S4.HI/c1-11-17-23-29-35-41-47-53-72(94)100-69-86(82(106-77(99)58-52-46-40-34-28-22-16-6)79(103-74(96)55-49-43-37-31-25-19-13-3)71(107-86)68-112-66-63-92-85(110)90-61-64-93(9)10)108-83-81(105-76(98)57-51-45-39-33-27-21-15-5)80(104-75(97)56-50-44-38-32-26-20-14-4)78(102-73(95)54-48-42-36-30-24-18-12-2)70(101-83)67-111-65-62-91-84(109)89-60-59-87(7,8)88;/h70-71,78-83,88H,11-69H2,1-10H3,(H2,89,91,109)(H2,90,92,110);1H/t70?,71-,78-,79-,80+,81?,82+,83-,86+;/m1./s1. The second kappa shape index (κ2) is 71.7. The number of hydrogen-bond donors (Lipinski definition) is 6. The van der Waals surface area contributed by atoms with E-state index < -0.39 is 115 Å². The number of likely N-dealkylation sites (N-methyl/N-ethyl adjacent to an activating group) is 1. The van der Waals surface area contributed by atoms with E-state index in [1.807, 2.05) is 9.86 Å². The third kappa shape index (κ3) is 56.3. The maximum atomic E-state index is 15.0. The van der Waals surface area contributed by atoms with Gasteiger partial charge in [0.05, 0.1) is 27.2 Å². The SMILES string of the molecule is CCCCCCCCCC(=O)OC[C@@]1(O[C@H]2OC(CSCCNC(=S)NCCI(C)(C)=N)[C@@H](OC(=O)CCCCCCCCC)[C@H](OC(=O)CCCCCCCCC)C2OC(=O)CCCCCCCCC)O[C@H](CSCCNC(=S)NCC[NH+](C)C)[C@@H](OC(=O)CCCCCCCCC)[C@@H]1OC(=O)CCCCCCCCC.[I-]. The van der Waals surface area contributed by atoms with Crippen LogP contribution in [0, 0.1) is 3.56 Å². The number of ether oxygens (including phenoxy) is 9. The molecule has 2 heterocycles. The monoisotopic (exact) mass is 1900 g/mol. The Morgan fingerprint density at radius 1 is 0.407 bits per heavy atom. The summed E-state index contributed by atoms with van der Waals surface area (Å²) in [5.41, 5.74) is 0. The molecule has 2 aliphatic heterocycles. The number of esters is 6. The van der Waals surface area contributed by atoms with Crippen LogP contribution in [-0.2, 0) is 71.4 Å². The summed E-state index contributed by atoms with van der Waals surface area (Å²) in [6.45, 7) is 15.4. The van der Waals surface area contributed by atoms with E-state index in [1.165, 1.54) is 28.4 Å². The second-order valence-electron chi connectivity index (χ2n) is 31.8. The number of rotatable bonds is 73. The number of thiocarbonyl (C=S) groups is 2. The molecule has 2 rings (SSSR count). The number of carbonyl (C=O) groups excluding carboxylic acids is 6. The smallest absolute Gasteiger partial charge is 1.00 e. The van der Waals surface area contributed by atoms with Gasteiger partial charge in [-0.15, -0.1) is 0 Å². The van der Waals surface area contributed by atoms with Crippen LogP contribution in [0.25, 0.3) is 0 Å². The molecule has 0 amide bonds. The van der Waals surface area contributed by atoms with Gasteiger partial charge in [-0.05, 0) is 50.7 Å². The minimum atomic E-state index is -2.52. The van der Waals surface area contributed by atoms with E-state index in [2.05, 4.69) is 76.9 Å². The van der Waals surface area contributed by atoms with E-state index in [4.69, 9.17) is 70.6 Å². The Hall–Kier alpha value is -2.00. The van der Waals surface area contributed by atoms with Crippen molar-refractivity contribution in [1.82, 2.24) is 21.3 Å². The van der Waals surface area contributed by atoms with Crippen molar-refractivity contribution in [3.05, 3.63) is 0 Å². The fourth-order valence-electron chi connectivity index (χ4n) is 13.7. The molecule has 0 aliphatic carbocycles. The molecule has 2 aliphatic rings. The van der Waals surface area contributed by atoms with Crippen LogP contribution in [0.5, 0.6) is 0 Å². The summed E-state index contributed by atoms with van der Waals surface area (Å²) >= 11 is 11.8. The predicted molar refractivity (Wildman–Crippen MR) is 476 cm³/mol. The van der Waals surface area contributed by atoms with Crippen molar-refractivity contribution in [2.24, 2.45) is 0 Å². The third-order valence-electron chi connectivity index (χ3n) is 20.4. The summed E-state index contributed by atoms with van der Waals surface area (Å²) in [7, 11) is 4.16.